The fraction of sp³-hybridized carbons (Fsp3) is 0.250. The van der Waals surface area contributed by atoms with E-state index in [1.807, 2.05) is 24.3 Å². The van der Waals surface area contributed by atoms with Gasteiger partial charge >= 0.3 is 6.09 Å². The average Bonchev–Trinajstić information content (AvgIpc) is 3.41. The Hall–Kier alpha value is -2.38. The zero-order chi connectivity index (χ0) is 19.7. The van der Waals surface area contributed by atoms with E-state index >= 15 is 0 Å². The summed E-state index contributed by atoms with van der Waals surface area (Å²) in [7, 11) is 0. The lowest BCUT2D eigenvalue weighted by atomic mass is 9.97. The zero-order valence-electron chi connectivity index (χ0n) is 14.8. The van der Waals surface area contributed by atoms with Crippen molar-refractivity contribution in [2.24, 2.45) is 5.92 Å². The molecule has 144 valence electrons. The number of H-pyrrole nitrogens is 1. The van der Waals surface area contributed by atoms with Crippen LogP contribution in [0.5, 0.6) is 0 Å². The Morgan fingerprint density at radius 1 is 1.29 bits per heavy atom. The van der Waals surface area contributed by atoms with E-state index in [1.165, 1.54) is 12.8 Å². The molecule has 1 atom stereocenters. The van der Waals surface area contributed by atoms with E-state index in [4.69, 9.17) is 16.7 Å². The summed E-state index contributed by atoms with van der Waals surface area (Å²) in [5.74, 6) is 1.55. The van der Waals surface area contributed by atoms with Crippen molar-refractivity contribution < 1.29 is 9.90 Å². The molecule has 1 aromatic carbocycles. The molecule has 1 aliphatic rings. The number of imidazole rings is 1. The van der Waals surface area contributed by atoms with Crippen LogP contribution >= 0.6 is 27.5 Å². The molecule has 3 aromatic rings. The molecule has 2 heterocycles. The van der Waals surface area contributed by atoms with E-state index in [-0.39, 0.29) is 5.92 Å². The van der Waals surface area contributed by atoms with E-state index < -0.39 is 6.09 Å². The first kappa shape index (κ1) is 19.0. The molecule has 0 aliphatic heterocycles. The number of carboxylic acid groups (broad SMARTS) is 1. The van der Waals surface area contributed by atoms with Crippen molar-refractivity contribution >= 4 is 39.3 Å². The molecule has 28 heavy (non-hydrogen) atoms. The number of benzene rings is 1. The lowest BCUT2D eigenvalue weighted by molar-refractivity contribution is 0.210. The number of hydrogen-bond acceptors (Lipinski definition) is 3. The van der Waals surface area contributed by atoms with E-state index in [9.17, 15) is 4.79 Å². The molecular formula is C20H18BrClN4O2. The summed E-state index contributed by atoms with van der Waals surface area (Å²) in [4.78, 5) is 23.3. The third-order valence-corrected chi connectivity index (χ3v) is 5.55. The summed E-state index contributed by atoms with van der Waals surface area (Å²) in [5.41, 5.74) is 3.02. The van der Waals surface area contributed by atoms with Gasteiger partial charge in [-0.1, -0.05) is 36.6 Å². The number of aromatic amines is 1. The van der Waals surface area contributed by atoms with Crippen LogP contribution in [0.2, 0.25) is 5.15 Å². The monoisotopic (exact) mass is 460 g/mol. The predicted octanol–water partition coefficient (Wildman–Crippen LogP) is 5.91. The molecule has 4 rings (SSSR count). The van der Waals surface area contributed by atoms with Gasteiger partial charge in [0.05, 0.1) is 17.3 Å². The molecule has 0 saturated heterocycles. The standard InChI is InChI=1S/C20H18BrClN4O2/c21-13-5-8-16(23-10-13)15(9-11-1-2-11)19-25-17(18(22)26-19)12-3-6-14(7-4-12)24-20(27)28/h3-8,10-11,15,24H,1-2,9H2,(H,25,26)(H,27,28). The van der Waals surface area contributed by atoms with Gasteiger partial charge in [-0.25, -0.2) is 9.78 Å². The second-order valence-corrected chi connectivity index (χ2v) is 8.20. The number of nitrogens with one attached hydrogen (secondary N) is 2. The minimum atomic E-state index is -1.10. The van der Waals surface area contributed by atoms with Gasteiger partial charge in [-0.2, -0.15) is 0 Å². The van der Waals surface area contributed by atoms with Gasteiger partial charge in [0.25, 0.3) is 0 Å². The topological polar surface area (TPSA) is 90.9 Å². The number of hydrogen-bond donors (Lipinski definition) is 3. The molecule has 6 nitrogen and oxygen atoms in total. The van der Waals surface area contributed by atoms with E-state index in [0.717, 1.165) is 33.7 Å². The molecule has 1 amide bonds. The zero-order valence-corrected chi connectivity index (χ0v) is 17.2. The summed E-state index contributed by atoms with van der Waals surface area (Å²) in [6.07, 6.45) is 4.17. The van der Waals surface area contributed by atoms with Crippen LogP contribution in [0.4, 0.5) is 10.5 Å². The highest BCUT2D eigenvalue weighted by Crippen LogP contribution is 2.41. The maximum absolute atomic E-state index is 10.7. The van der Waals surface area contributed by atoms with Crippen molar-refractivity contribution in [2.45, 2.75) is 25.2 Å². The minimum Gasteiger partial charge on any atom is -0.465 e. The maximum Gasteiger partial charge on any atom is 0.409 e. The predicted molar refractivity (Wildman–Crippen MR) is 112 cm³/mol. The fourth-order valence-electron chi connectivity index (χ4n) is 3.22. The quantitative estimate of drug-likeness (QED) is 0.425. The average molecular weight is 462 g/mol. The SMILES string of the molecule is O=C(O)Nc1ccc(-c2[nH]c(C(CC3CC3)c3ccc(Br)cn3)nc2Cl)cc1. The Morgan fingerprint density at radius 3 is 2.64 bits per heavy atom. The number of pyridine rings is 1. The molecular weight excluding hydrogens is 444 g/mol. The summed E-state index contributed by atoms with van der Waals surface area (Å²) < 4.78 is 0.939. The molecule has 0 bridgehead atoms. The highest BCUT2D eigenvalue weighted by Gasteiger charge is 2.30. The van der Waals surface area contributed by atoms with Crippen molar-refractivity contribution in [1.82, 2.24) is 15.0 Å². The van der Waals surface area contributed by atoms with Crippen LogP contribution in [-0.4, -0.2) is 26.2 Å². The molecule has 8 heteroatoms. The van der Waals surface area contributed by atoms with Crippen LogP contribution in [0.1, 0.15) is 36.7 Å². The van der Waals surface area contributed by atoms with Gasteiger partial charge in [-0.05, 0) is 52.5 Å². The fourth-order valence-corrected chi connectivity index (χ4v) is 3.70. The van der Waals surface area contributed by atoms with Gasteiger partial charge in [-0.3, -0.25) is 10.3 Å². The van der Waals surface area contributed by atoms with Crippen LogP contribution < -0.4 is 5.32 Å². The second-order valence-electron chi connectivity index (χ2n) is 6.93. The molecule has 1 fully saturated rings. The van der Waals surface area contributed by atoms with Crippen molar-refractivity contribution in [3.8, 4) is 11.3 Å². The van der Waals surface area contributed by atoms with Crippen LogP contribution in [-0.2, 0) is 0 Å². The van der Waals surface area contributed by atoms with Crippen molar-refractivity contribution in [1.29, 1.82) is 0 Å². The Kier molecular flexibility index (Phi) is 5.37. The summed E-state index contributed by atoms with van der Waals surface area (Å²) >= 11 is 9.86. The third kappa shape index (κ3) is 4.36. The maximum atomic E-state index is 10.7. The Bertz CT molecular complexity index is 984. The largest absolute Gasteiger partial charge is 0.465 e. The van der Waals surface area contributed by atoms with Gasteiger partial charge < -0.3 is 10.1 Å². The number of anilines is 1. The molecule has 1 saturated carbocycles. The lowest BCUT2D eigenvalue weighted by Gasteiger charge is -2.14. The number of carbonyl (C=O) groups is 1. The molecule has 3 N–H and O–H groups in total. The van der Waals surface area contributed by atoms with Crippen molar-refractivity contribution in [3.05, 3.63) is 63.7 Å². The number of aromatic nitrogens is 3. The second kappa shape index (κ2) is 7.93. The summed E-state index contributed by atoms with van der Waals surface area (Å²) in [5, 5.41) is 11.5. The molecule has 1 unspecified atom stereocenters. The summed E-state index contributed by atoms with van der Waals surface area (Å²) in [6.45, 7) is 0. The first-order valence-corrected chi connectivity index (χ1v) is 10.1. The number of amides is 1. The highest BCUT2D eigenvalue weighted by atomic mass is 79.9. The van der Waals surface area contributed by atoms with E-state index in [0.29, 0.717) is 16.8 Å². The van der Waals surface area contributed by atoms with Crippen molar-refractivity contribution in [3.63, 3.8) is 0 Å². The number of nitrogens with zero attached hydrogens (tertiary/aromatic N) is 2. The third-order valence-electron chi connectivity index (χ3n) is 4.81. The Labute approximate surface area is 175 Å². The van der Waals surface area contributed by atoms with Crippen LogP contribution in [0.3, 0.4) is 0 Å². The van der Waals surface area contributed by atoms with Gasteiger partial charge in [0.15, 0.2) is 5.15 Å². The molecule has 2 aromatic heterocycles. The van der Waals surface area contributed by atoms with Crippen LogP contribution in [0.25, 0.3) is 11.3 Å². The molecule has 0 spiro atoms. The van der Waals surface area contributed by atoms with Crippen LogP contribution in [0, 0.1) is 5.92 Å². The first-order valence-electron chi connectivity index (χ1n) is 8.97. The van der Waals surface area contributed by atoms with Gasteiger partial charge in [0, 0.05) is 21.9 Å². The number of rotatable bonds is 6. The van der Waals surface area contributed by atoms with Gasteiger partial charge in [-0.15, -0.1) is 0 Å². The Morgan fingerprint density at radius 2 is 2.04 bits per heavy atom. The van der Waals surface area contributed by atoms with Gasteiger partial charge in [0.2, 0.25) is 0 Å². The highest BCUT2D eigenvalue weighted by molar-refractivity contribution is 9.10. The normalized spacial score (nSPS) is 14.6. The van der Waals surface area contributed by atoms with E-state index in [2.05, 4.69) is 36.2 Å². The van der Waals surface area contributed by atoms with Crippen molar-refractivity contribution in [2.75, 3.05) is 5.32 Å². The Balaban J connectivity index is 1.64. The van der Waals surface area contributed by atoms with Crippen LogP contribution in [0.15, 0.2) is 47.1 Å². The smallest absolute Gasteiger partial charge is 0.409 e. The lowest BCUT2D eigenvalue weighted by Crippen LogP contribution is -2.07. The molecule has 0 radical (unpaired) electrons. The minimum absolute atomic E-state index is 0.0554. The number of halogens is 2. The molecule has 1 aliphatic carbocycles. The van der Waals surface area contributed by atoms with E-state index in [1.54, 1.807) is 18.3 Å². The first-order chi connectivity index (χ1) is 13.5. The summed E-state index contributed by atoms with van der Waals surface area (Å²) in [6, 6.07) is 11.0. The van der Waals surface area contributed by atoms with Gasteiger partial charge in [0.1, 0.15) is 5.82 Å².